The fourth-order valence-corrected chi connectivity index (χ4v) is 1.11. The Morgan fingerprint density at radius 1 is 1.62 bits per heavy atom. The third-order valence-corrected chi connectivity index (χ3v) is 2.24. The Morgan fingerprint density at radius 3 is 2.77 bits per heavy atom. The molecule has 0 radical (unpaired) electrons. The topological polar surface area (TPSA) is 29.5 Å². The Bertz CT molecular complexity index is 221. The summed E-state index contributed by atoms with van der Waals surface area (Å²) in [5.41, 5.74) is 0. The van der Waals surface area contributed by atoms with E-state index in [1.165, 1.54) is 0 Å². The van der Waals surface area contributed by atoms with Crippen LogP contribution in [-0.4, -0.2) is 30.5 Å². The third kappa shape index (κ3) is 2.47. The van der Waals surface area contributed by atoms with Gasteiger partial charge in [0.15, 0.2) is 5.76 Å². The molecule has 0 unspecified atom stereocenters. The van der Waals surface area contributed by atoms with Crippen LogP contribution >= 0.6 is 0 Å². The molecule has 3 nitrogen and oxygen atoms in total. The van der Waals surface area contributed by atoms with Crippen molar-refractivity contribution >= 4 is 5.91 Å². The highest BCUT2D eigenvalue weighted by molar-refractivity contribution is 5.91. The number of allylic oxidation sites excluding steroid dienone is 1. The van der Waals surface area contributed by atoms with Gasteiger partial charge in [0.05, 0.1) is 6.61 Å². The van der Waals surface area contributed by atoms with Crippen molar-refractivity contribution < 1.29 is 9.53 Å². The average molecular weight is 183 g/mol. The Hall–Kier alpha value is -0.990. The number of likely N-dealkylation sites (N-methyl/N-ethyl adjacent to an activating group) is 1. The first-order valence-corrected chi connectivity index (χ1v) is 4.73. The molecule has 1 heterocycles. The van der Waals surface area contributed by atoms with Crippen LogP contribution in [0.4, 0.5) is 0 Å². The molecule has 0 bridgehead atoms. The normalized spacial score (nSPS) is 16.5. The Balaban J connectivity index is 2.60. The zero-order chi connectivity index (χ0) is 9.84. The molecule has 3 heteroatoms. The van der Waals surface area contributed by atoms with Gasteiger partial charge in [-0.25, -0.2) is 0 Å². The van der Waals surface area contributed by atoms with E-state index >= 15 is 0 Å². The molecule has 0 aromatic carbocycles. The molecular weight excluding hydrogens is 166 g/mol. The summed E-state index contributed by atoms with van der Waals surface area (Å²) in [5.74, 6) is 0.511. The zero-order valence-corrected chi connectivity index (χ0v) is 8.54. The molecule has 0 N–H and O–H groups in total. The number of nitrogens with zero attached hydrogens (tertiary/aromatic N) is 1. The Morgan fingerprint density at radius 2 is 2.31 bits per heavy atom. The molecule has 74 valence electrons. The quantitative estimate of drug-likeness (QED) is 0.650. The van der Waals surface area contributed by atoms with Gasteiger partial charge in [-0.1, -0.05) is 0 Å². The second kappa shape index (κ2) is 4.30. The Labute approximate surface area is 79.4 Å². The number of carbonyl (C=O) groups excluding carboxylic acids is 1. The van der Waals surface area contributed by atoms with E-state index in [1.54, 1.807) is 11.9 Å². The highest BCUT2D eigenvalue weighted by atomic mass is 16.5. The van der Waals surface area contributed by atoms with Crippen LogP contribution in [0.3, 0.4) is 0 Å². The van der Waals surface area contributed by atoms with Crippen molar-refractivity contribution in [2.45, 2.75) is 32.7 Å². The maximum absolute atomic E-state index is 11.7. The second-order valence-corrected chi connectivity index (χ2v) is 3.57. The van der Waals surface area contributed by atoms with Crippen molar-refractivity contribution in [3.8, 4) is 0 Å². The summed E-state index contributed by atoms with van der Waals surface area (Å²) in [7, 11) is 1.80. The number of rotatable bonds is 2. The summed E-state index contributed by atoms with van der Waals surface area (Å²) >= 11 is 0. The molecule has 0 atom stereocenters. The largest absolute Gasteiger partial charge is 0.488 e. The number of hydrogen-bond donors (Lipinski definition) is 0. The minimum absolute atomic E-state index is 0.00491. The minimum Gasteiger partial charge on any atom is -0.488 e. The van der Waals surface area contributed by atoms with Gasteiger partial charge in [0.25, 0.3) is 5.91 Å². The summed E-state index contributed by atoms with van der Waals surface area (Å²) in [6.45, 7) is 4.64. The molecule has 1 rings (SSSR count). The number of hydrogen-bond acceptors (Lipinski definition) is 2. The molecule has 0 fully saturated rings. The van der Waals surface area contributed by atoms with Gasteiger partial charge in [-0.05, 0) is 32.8 Å². The van der Waals surface area contributed by atoms with Crippen LogP contribution in [0.15, 0.2) is 11.8 Å². The summed E-state index contributed by atoms with van der Waals surface area (Å²) in [6.07, 6.45) is 3.85. The highest BCUT2D eigenvalue weighted by Crippen LogP contribution is 2.13. The van der Waals surface area contributed by atoms with Gasteiger partial charge in [-0.2, -0.15) is 0 Å². The number of amides is 1. The maximum atomic E-state index is 11.7. The first kappa shape index (κ1) is 10.1. The summed E-state index contributed by atoms with van der Waals surface area (Å²) in [6, 6.07) is 0.221. The molecular formula is C10H17NO2. The van der Waals surface area contributed by atoms with Gasteiger partial charge >= 0.3 is 0 Å². The van der Waals surface area contributed by atoms with Crippen LogP contribution in [0, 0.1) is 0 Å². The zero-order valence-electron chi connectivity index (χ0n) is 8.54. The van der Waals surface area contributed by atoms with Crippen LogP contribution in [0.25, 0.3) is 0 Å². The summed E-state index contributed by atoms with van der Waals surface area (Å²) in [5, 5.41) is 0. The van der Waals surface area contributed by atoms with Gasteiger partial charge in [0.1, 0.15) is 0 Å². The molecule has 0 aliphatic carbocycles. The average Bonchev–Trinajstić information content (AvgIpc) is 2.17. The van der Waals surface area contributed by atoms with Crippen LogP contribution in [0.2, 0.25) is 0 Å². The molecule has 0 aromatic heterocycles. The third-order valence-electron chi connectivity index (χ3n) is 2.24. The van der Waals surface area contributed by atoms with E-state index in [-0.39, 0.29) is 11.9 Å². The predicted octanol–water partition coefficient (Wildman–Crippen LogP) is 1.55. The van der Waals surface area contributed by atoms with E-state index < -0.39 is 0 Å². The minimum atomic E-state index is -0.00491. The van der Waals surface area contributed by atoms with E-state index in [0.717, 1.165) is 12.8 Å². The van der Waals surface area contributed by atoms with Gasteiger partial charge in [0.2, 0.25) is 0 Å². The lowest BCUT2D eigenvalue weighted by Gasteiger charge is -2.24. The Kier molecular flexibility index (Phi) is 3.34. The number of carbonyl (C=O) groups is 1. The van der Waals surface area contributed by atoms with Gasteiger partial charge < -0.3 is 9.64 Å². The van der Waals surface area contributed by atoms with E-state index in [4.69, 9.17) is 4.74 Å². The molecule has 0 aromatic rings. The lowest BCUT2D eigenvalue weighted by atomic mass is 10.2. The number of ether oxygens (including phenoxy) is 1. The molecule has 1 aliphatic rings. The predicted molar refractivity (Wildman–Crippen MR) is 51.2 cm³/mol. The van der Waals surface area contributed by atoms with Crippen LogP contribution in [0.1, 0.15) is 26.7 Å². The lowest BCUT2D eigenvalue weighted by Crippen LogP contribution is -2.35. The lowest BCUT2D eigenvalue weighted by molar-refractivity contribution is -0.131. The molecule has 0 saturated carbocycles. The molecule has 13 heavy (non-hydrogen) atoms. The van der Waals surface area contributed by atoms with Crippen LogP contribution in [-0.2, 0) is 9.53 Å². The smallest absolute Gasteiger partial charge is 0.288 e. The van der Waals surface area contributed by atoms with Gasteiger partial charge in [-0.3, -0.25) is 4.79 Å². The van der Waals surface area contributed by atoms with Crippen molar-refractivity contribution in [2.24, 2.45) is 0 Å². The van der Waals surface area contributed by atoms with E-state index in [2.05, 4.69) is 0 Å². The van der Waals surface area contributed by atoms with Crippen molar-refractivity contribution in [3.05, 3.63) is 11.8 Å². The van der Waals surface area contributed by atoms with Crippen molar-refractivity contribution in [1.29, 1.82) is 0 Å². The van der Waals surface area contributed by atoms with E-state index in [9.17, 15) is 4.79 Å². The van der Waals surface area contributed by atoms with Crippen molar-refractivity contribution in [2.75, 3.05) is 13.7 Å². The fourth-order valence-electron chi connectivity index (χ4n) is 1.11. The van der Waals surface area contributed by atoms with Crippen molar-refractivity contribution in [3.63, 3.8) is 0 Å². The molecule has 0 spiro atoms. The fraction of sp³-hybridized carbons (Fsp3) is 0.700. The molecule has 1 aliphatic heterocycles. The van der Waals surface area contributed by atoms with Crippen molar-refractivity contribution in [1.82, 2.24) is 4.90 Å². The SMILES string of the molecule is CC(C)N(C)C(=O)C1=CCCCO1. The molecule has 1 amide bonds. The van der Waals surface area contributed by atoms with E-state index in [1.807, 2.05) is 19.9 Å². The monoisotopic (exact) mass is 183 g/mol. The standard InChI is InChI=1S/C10H17NO2/c1-8(2)11(3)10(12)9-6-4-5-7-13-9/h6,8H,4-5,7H2,1-3H3. The summed E-state index contributed by atoms with van der Waals surface area (Å²) in [4.78, 5) is 13.4. The first-order valence-electron chi connectivity index (χ1n) is 4.73. The highest BCUT2D eigenvalue weighted by Gasteiger charge is 2.19. The van der Waals surface area contributed by atoms with Gasteiger partial charge in [0, 0.05) is 13.1 Å². The van der Waals surface area contributed by atoms with E-state index in [0.29, 0.717) is 12.4 Å². The maximum Gasteiger partial charge on any atom is 0.288 e. The first-order chi connectivity index (χ1) is 6.13. The van der Waals surface area contributed by atoms with Crippen LogP contribution < -0.4 is 0 Å². The molecule has 0 saturated heterocycles. The van der Waals surface area contributed by atoms with Gasteiger partial charge in [-0.15, -0.1) is 0 Å². The summed E-state index contributed by atoms with van der Waals surface area (Å²) < 4.78 is 5.28. The second-order valence-electron chi connectivity index (χ2n) is 3.57. The van der Waals surface area contributed by atoms with Crippen LogP contribution in [0.5, 0.6) is 0 Å².